The molecule has 3 N–H and O–H groups in total. The van der Waals surface area contributed by atoms with Crippen LogP contribution in [0.25, 0.3) is 0 Å². The fourth-order valence-corrected chi connectivity index (χ4v) is 0.467. The summed E-state index contributed by atoms with van der Waals surface area (Å²) in [6, 6.07) is 1.29. The van der Waals surface area contributed by atoms with Gasteiger partial charge in [0.05, 0.1) is 6.07 Å². The molecule has 0 aliphatic heterocycles. The van der Waals surface area contributed by atoms with Gasteiger partial charge in [-0.3, -0.25) is 0 Å². The number of amides is 2. The Morgan fingerprint density at radius 2 is 2.40 bits per heavy atom. The topological polar surface area (TPSA) is 78.9 Å². The maximum absolute atomic E-state index is 10.3. The van der Waals surface area contributed by atoms with Crippen LogP contribution < -0.4 is 11.1 Å². The SMILES string of the molecule is CCC(C)(C#N)NC(N)=O. The van der Waals surface area contributed by atoms with E-state index in [1.54, 1.807) is 13.8 Å². The monoisotopic (exact) mass is 141 g/mol. The van der Waals surface area contributed by atoms with Crippen LogP contribution in [0.4, 0.5) is 4.79 Å². The molecular formula is C6H11N3O. The second-order valence-corrected chi connectivity index (χ2v) is 2.29. The fraction of sp³-hybridized carbons (Fsp3) is 0.667. The van der Waals surface area contributed by atoms with Gasteiger partial charge in [0.2, 0.25) is 0 Å². The molecule has 0 spiro atoms. The molecule has 56 valence electrons. The molecule has 4 nitrogen and oxygen atoms in total. The highest BCUT2D eigenvalue weighted by atomic mass is 16.2. The average molecular weight is 141 g/mol. The molecule has 0 aliphatic carbocycles. The predicted octanol–water partition coefficient (Wildman–Crippen LogP) is 0.347. The van der Waals surface area contributed by atoms with Crippen molar-refractivity contribution < 1.29 is 4.79 Å². The molecule has 10 heavy (non-hydrogen) atoms. The Labute approximate surface area is 60.0 Å². The summed E-state index contributed by atoms with van der Waals surface area (Å²) in [4.78, 5) is 10.3. The van der Waals surface area contributed by atoms with Gasteiger partial charge in [-0.25, -0.2) is 4.79 Å². The number of carbonyl (C=O) groups excluding carboxylic acids is 1. The van der Waals surface area contributed by atoms with Crippen molar-refractivity contribution >= 4 is 6.03 Å². The lowest BCUT2D eigenvalue weighted by Crippen LogP contribution is -2.46. The third-order valence-electron chi connectivity index (χ3n) is 1.35. The van der Waals surface area contributed by atoms with Crippen LogP contribution >= 0.6 is 0 Å². The van der Waals surface area contributed by atoms with Gasteiger partial charge in [-0.15, -0.1) is 0 Å². The van der Waals surface area contributed by atoms with E-state index in [-0.39, 0.29) is 0 Å². The van der Waals surface area contributed by atoms with E-state index in [0.29, 0.717) is 6.42 Å². The highest BCUT2D eigenvalue weighted by Gasteiger charge is 2.21. The molecule has 1 atom stereocenters. The second-order valence-electron chi connectivity index (χ2n) is 2.29. The number of nitrogens with zero attached hydrogens (tertiary/aromatic N) is 1. The van der Waals surface area contributed by atoms with E-state index in [0.717, 1.165) is 0 Å². The number of nitrogens with two attached hydrogens (primary N) is 1. The van der Waals surface area contributed by atoms with Crippen LogP contribution in [0.2, 0.25) is 0 Å². The van der Waals surface area contributed by atoms with E-state index < -0.39 is 11.6 Å². The summed E-state index contributed by atoms with van der Waals surface area (Å²) >= 11 is 0. The summed E-state index contributed by atoms with van der Waals surface area (Å²) in [6.45, 7) is 3.43. The molecule has 0 heterocycles. The van der Waals surface area contributed by atoms with E-state index in [9.17, 15) is 4.79 Å². The minimum atomic E-state index is -0.814. The van der Waals surface area contributed by atoms with Crippen LogP contribution in [0.5, 0.6) is 0 Å². The number of nitrogens with one attached hydrogen (secondary N) is 1. The van der Waals surface area contributed by atoms with Crippen molar-refractivity contribution in [1.29, 1.82) is 5.26 Å². The molecule has 2 amide bonds. The third-order valence-corrected chi connectivity index (χ3v) is 1.35. The first-order valence-corrected chi connectivity index (χ1v) is 3.03. The predicted molar refractivity (Wildman–Crippen MR) is 37.0 cm³/mol. The first-order chi connectivity index (χ1) is 4.54. The van der Waals surface area contributed by atoms with Gasteiger partial charge in [0.15, 0.2) is 0 Å². The quantitative estimate of drug-likeness (QED) is 0.581. The zero-order valence-corrected chi connectivity index (χ0v) is 6.14. The normalized spacial score (nSPS) is 14.9. The summed E-state index contributed by atoms with van der Waals surface area (Å²) < 4.78 is 0. The van der Waals surface area contributed by atoms with Crippen molar-refractivity contribution in [1.82, 2.24) is 5.32 Å². The van der Waals surface area contributed by atoms with E-state index >= 15 is 0 Å². The Kier molecular flexibility index (Phi) is 2.68. The van der Waals surface area contributed by atoms with Crippen LogP contribution in [-0.4, -0.2) is 11.6 Å². The van der Waals surface area contributed by atoms with E-state index in [2.05, 4.69) is 5.32 Å². The largest absolute Gasteiger partial charge is 0.352 e. The molecule has 4 heteroatoms. The number of hydrogen-bond donors (Lipinski definition) is 2. The summed E-state index contributed by atoms with van der Waals surface area (Å²) in [5.74, 6) is 0. The van der Waals surface area contributed by atoms with Gasteiger partial charge in [0.1, 0.15) is 5.54 Å². The lowest BCUT2D eigenvalue weighted by Gasteiger charge is -2.18. The van der Waals surface area contributed by atoms with E-state index in [4.69, 9.17) is 11.0 Å². The summed E-state index contributed by atoms with van der Waals surface area (Å²) in [5.41, 5.74) is 4.01. The third kappa shape index (κ3) is 2.35. The molecule has 0 saturated carbocycles. The van der Waals surface area contributed by atoms with Gasteiger partial charge in [0.25, 0.3) is 0 Å². The first kappa shape index (κ1) is 8.76. The minimum Gasteiger partial charge on any atom is -0.352 e. The highest BCUT2D eigenvalue weighted by molar-refractivity contribution is 5.73. The Balaban J connectivity index is 4.10. The Bertz CT molecular complexity index is 172. The van der Waals surface area contributed by atoms with Gasteiger partial charge in [-0.05, 0) is 13.3 Å². The Hall–Kier alpha value is -1.24. The van der Waals surface area contributed by atoms with Crippen molar-refractivity contribution in [3.63, 3.8) is 0 Å². The molecule has 0 aromatic heterocycles. The molecule has 1 unspecified atom stereocenters. The molecule has 0 aliphatic rings. The van der Waals surface area contributed by atoms with Crippen molar-refractivity contribution in [2.24, 2.45) is 5.73 Å². The number of nitriles is 1. The summed E-state index contributed by atoms with van der Waals surface area (Å²) in [5, 5.41) is 10.8. The molecule has 0 saturated heterocycles. The van der Waals surface area contributed by atoms with Gasteiger partial charge < -0.3 is 11.1 Å². The highest BCUT2D eigenvalue weighted by Crippen LogP contribution is 2.05. The van der Waals surface area contributed by atoms with E-state index in [1.807, 2.05) is 6.07 Å². The average Bonchev–Trinajstić information content (AvgIpc) is 1.87. The van der Waals surface area contributed by atoms with Gasteiger partial charge >= 0.3 is 6.03 Å². The first-order valence-electron chi connectivity index (χ1n) is 3.03. The van der Waals surface area contributed by atoms with Crippen molar-refractivity contribution in [3.05, 3.63) is 0 Å². The number of urea groups is 1. The smallest absolute Gasteiger partial charge is 0.313 e. The van der Waals surface area contributed by atoms with E-state index in [1.165, 1.54) is 0 Å². The molecule has 0 aromatic carbocycles. The Morgan fingerprint density at radius 1 is 1.90 bits per heavy atom. The lowest BCUT2D eigenvalue weighted by molar-refractivity contribution is 0.241. The maximum atomic E-state index is 10.3. The second kappa shape index (κ2) is 3.06. The molecular weight excluding hydrogens is 130 g/mol. The van der Waals surface area contributed by atoms with Gasteiger partial charge in [-0.1, -0.05) is 6.92 Å². The molecule has 0 bridgehead atoms. The molecule has 0 radical (unpaired) electrons. The van der Waals surface area contributed by atoms with Crippen molar-refractivity contribution in [2.75, 3.05) is 0 Å². The van der Waals surface area contributed by atoms with Crippen LogP contribution in [-0.2, 0) is 0 Å². The maximum Gasteiger partial charge on any atom is 0.313 e. The Morgan fingerprint density at radius 3 is 2.50 bits per heavy atom. The van der Waals surface area contributed by atoms with Crippen molar-refractivity contribution in [3.8, 4) is 6.07 Å². The minimum absolute atomic E-state index is 0.548. The van der Waals surface area contributed by atoms with Gasteiger partial charge in [0, 0.05) is 0 Å². The van der Waals surface area contributed by atoms with Crippen LogP contribution in [0.15, 0.2) is 0 Å². The summed E-state index contributed by atoms with van der Waals surface area (Å²) in [6.07, 6.45) is 0.548. The number of carbonyl (C=O) groups is 1. The van der Waals surface area contributed by atoms with Crippen LogP contribution in [0.1, 0.15) is 20.3 Å². The van der Waals surface area contributed by atoms with Crippen LogP contribution in [0.3, 0.4) is 0 Å². The fourth-order valence-electron chi connectivity index (χ4n) is 0.467. The zero-order chi connectivity index (χ0) is 8.20. The zero-order valence-electron chi connectivity index (χ0n) is 6.14. The summed E-state index contributed by atoms with van der Waals surface area (Å²) in [7, 11) is 0. The number of primary amides is 1. The van der Waals surface area contributed by atoms with Crippen molar-refractivity contribution in [2.45, 2.75) is 25.8 Å². The standard InChI is InChI=1S/C6H11N3O/c1-3-6(2,4-7)9-5(8)10/h3H2,1-2H3,(H3,8,9,10). The molecule has 0 rings (SSSR count). The number of rotatable bonds is 2. The number of hydrogen-bond acceptors (Lipinski definition) is 2. The molecule has 0 aromatic rings. The lowest BCUT2D eigenvalue weighted by atomic mass is 10.0. The molecule has 0 fully saturated rings. The van der Waals surface area contributed by atoms with Gasteiger partial charge in [-0.2, -0.15) is 5.26 Å². The van der Waals surface area contributed by atoms with Crippen LogP contribution in [0, 0.1) is 11.3 Å².